The molecule has 0 saturated heterocycles. The number of aromatic nitrogens is 2. The van der Waals surface area contributed by atoms with E-state index >= 15 is 0 Å². The fraction of sp³-hybridized carbons (Fsp3) is 0.600. The first-order chi connectivity index (χ1) is 7.99. The second-order valence-corrected chi connectivity index (χ2v) is 15.5. The highest BCUT2D eigenvalue weighted by molar-refractivity contribution is 6.71. The first-order valence-corrected chi connectivity index (χ1v) is 13.2. The molecule has 0 amide bonds. The average Bonchev–Trinajstić information content (AvgIpc) is 2.14. The van der Waals surface area contributed by atoms with Crippen molar-refractivity contribution >= 4 is 39.8 Å². The lowest BCUT2D eigenvalue weighted by Crippen LogP contribution is -2.31. The van der Waals surface area contributed by atoms with Crippen molar-refractivity contribution in [2.45, 2.75) is 39.3 Å². The van der Waals surface area contributed by atoms with Gasteiger partial charge in [-0.1, -0.05) is 23.2 Å². The van der Waals surface area contributed by atoms with Crippen LogP contribution in [0.25, 0.3) is 0 Å². The van der Waals surface area contributed by atoms with Crippen LogP contribution >= 0.6 is 23.2 Å². The minimum atomic E-state index is -1.79. The highest BCUT2D eigenvalue weighted by Crippen LogP contribution is 2.36. The van der Waals surface area contributed by atoms with Crippen LogP contribution in [0.5, 0.6) is 11.8 Å². The molecule has 8 heteroatoms. The van der Waals surface area contributed by atoms with E-state index in [1.54, 1.807) is 0 Å². The van der Waals surface area contributed by atoms with Crippen LogP contribution in [0.3, 0.4) is 0 Å². The average molecular weight is 325 g/mol. The maximum atomic E-state index is 6.13. The van der Waals surface area contributed by atoms with Crippen molar-refractivity contribution in [1.82, 2.24) is 10.2 Å². The molecule has 0 aliphatic carbocycles. The highest BCUT2D eigenvalue weighted by atomic mass is 35.5. The van der Waals surface area contributed by atoms with Gasteiger partial charge in [-0.25, -0.2) is 0 Å². The minimum Gasteiger partial charge on any atom is -0.529 e. The summed E-state index contributed by atoms with van der Waals surface area (Å²) in [6, 6.07) is 0. The molecule has 0 saturated carbocycles. The Kier molecular flexibility index (Phi) is 4.69. The summed E-state index contributed by atoms with van der Waals surface area (Å²) in [5, 5.41) is 8.44. The van der Waals surface area contributed by atoms with E-state index < -0.39 is 16.6 Å². The third kappa shape index (κ3) is 4.76. The van der Waals surface area contributed by atoms with Crippen molar-refractivity contribution in [3.63, 3.8) is 0 Å². The standard InChI is InChI=1S/C10H18Cl2N2O2Si2/c1-17(2,3)15-9-7(11)8(12)10(14-13-9)16-18(4,5)6/h1-6H3. The molecule has 0 fully saturated rings. The Morgan fingerprint density at radius 3 is 1.22 bits per heavy atom. The third-order valence-electron chi connectivity index (χ3n) is 1.61. The molecule has 1 aromatic rings. The fourth-order valence-corrected chi connectivity index (χ4v) is 2.97. The van der Waals surface area contributed by atoms with Crippen molar-refractivity contribution in [2.24, 2.45) is 0 Å². The fourth-order valence-electron chi connectivity index (χ4n) is 1.08. The summed E-state index contributed by atoms with van der Waals surface area (Å²) in [5.41, 5.74) is 0. The zero-order valence-corrected chi connectivity index (χ0v) is 15.0. The third-order valence-corrected chi connectivity index (χ3v) is 4.02. The van der Waals surface area contributed by atoms with Crippen LogP contribution in [0.4, 0.5) is 0 Å². The van der Waals surface area contributed by atoms with E-state index in [-0.39, 0.29) is 21.8 Å². The lowest BCUT2D eigenvalue weighted by molar-refractivity contribution is 0.491. The van der Waals surface area contributed by atoms with Crippen molar-refractivity contribution in [3.05, 3.63) is 10.0 Å². The Hall–Kier alpha value is -0.306. The summed E-state index contributed by atoms with van der Waals surface area (Å²) in [7, 11) is -3.59. The molecule has 0 spiro atoms. The van der Waals surface area contributed by atoms with Gasteiger partial charge in [0.1, 0.15) is 10.0 Å². The minimum absolute atomic E-state index is 0.266. The lowest BCUT2D eigenvalue weighted by Gasteiger charge is -2.21. The quantitative estimate of drug-likeness (QED) is 0.778. The maximum Gasteiger partial charge on any atom is 0.244 e. The zero-order chi connectivity index (χ0) is 14.1. The van der Waals surface area contributed by atoms with Crippen LogP contribution in [-0.2, 0) is 0 Å². The zero-order valence-electron chi connectivity index (χ0n) is 11.5. The van der Waals surface area contributed by atoms with Gasteiger partial charge in [0.2, 0.25) is 28.4 Å². The van der Waals surface area contributed by atoms with E-state index in [4.69, 9.17) is 32.1 Å². The second-order valence-electron chi connectivity index (χ2n) is 5.87. The number of nitrogens with zero attached hydrogens (tertiary/aromatic N) is 2. The summed E-state index contributed by atoms with van der Waals surface area (Å²) < 4.78 is 11.4. The van der Waals surface area contributed by atoms with Gasteiger partial charge < -0.3 is 8.85 Å². The summed E-state index contributed by atoms with van der Waals surface area (Å²) in [5.74, 6) is 0.563. The monoisotopic (exact) mass is 324 g/mol. The molecule has 0 unspecified atom stereocenters. The van der Waals surface area contributed by atoms with Gasteiger partial charge in [0, 0.05) is 0 Å². The molecule has 0 aliphatic heterocycles. The van der Waals surface area contributed by atoms with E-state index in [0.29, 0.717) is 0 Å². The van der Waals surface area contributed by atoms with Gasteiger partial charge in [-0.2, -0.15) is 0 Å². The van der Waals surface area contributed by atoms with Gasteiger partial charge in [0.25, 0.3) is 0 Å². The number of halogens is 2. The summed E-state index contributed by atoms with van der Waals surface area (Å²) in [6.07, 6.45) is 0. The Balaban J connectivity index is 3.06. The van der Waals surface area contributed by atoms with Gasteiger partial charge >= 0.3 is 0 Å². The topological polar surface area (TPSA) is 44.2 Å². The molecule has 1 rings (SSSR count). The van der Waals surface area contributed by atoms with Crippen LogP contribution in [0.15, 0.2) is 0 Å². The van der Waals surface area contributed by atoms with E-state index in [0.717, 1.165) is 0 Å². The van der Waals surface area contributed by atoms with Crippen molar-refractivity contribution in [3.8, 4) is 11.8 Å². The molecule has 0 aliphatic rings. The Morgan fingerprint density at radius 2 is 1.00 bits per heavy atom. The smallest absolute Gasteiger partial charge is 0.244 e. The van der Waals surface area contributed by atoms with Crippen molar-refractivity contribution in [1.29, 1.82) is 0 Å². The number of rotatable bonds is 4. The lowest BCUT2D eigenvalue weighted by atomic mass is 10.5. The predicted octanol–water partition coefficient (Wildman–Crippen LogP) is 4.21. The van der Waals surface area contributed by atoms with Crippen LogP contribution < -0.4 is 8.85 Å². The molecule has 0 atom stereocenters. The van der Waals surface area contributed by atoms with E-state index in [2.05, 4.69) is 10.2 Å². The number of hydrogen-bond acceptors (Lipinski definition) is 4. The van der Waals surface area contributed by atoms with Gasteiger partial charge in [-0.05, 0) is 39.3 Å². The molecule has 18 heavy (non-hydrogen) atoms. The second kappa shape index (κ2) is 5.36. The summed E-state index contributed by atoms with van der Waals surface area (Å²) >= 11 is 12.3. The van der Waals surface area contributed by atoms with E-state index in [1.165, 1.54) is 0 Å². The molecule has 0 N–H and O–H groups in total. The van der Waals surface area contributed by atoms with Gasteiger partial charge in [-0.3, -0.25) is 0 Å². The Bertz CT molecular complexity index is 404. The first kappa shape index (κ1) is 15.8. The van der Waals surface area contributed by atoms with Crippen LogP contribution in [-0.4, -0.2) is 26.8 Å². The molecular weight excluding hydrogens is 307 g/mol. The predicted molar refractivity (Wildman–Crippen MR) is 80.0 cm³/mol. The van der Waals surface area contributed by atoms with Gasteiger partial charge in [-0.15, -0.1) is 10.2 Å². The van der Waals surface area contributed by atoms with Gasteiger partial charge in [0.05, 0.1) is 0 Å². The molecular formula is C10H18Cl2N2O2Si2. The highest BCUT2D eigenvalue weighted by Gasteiger charge is 2.25. The molecule has 102 valence electrons. The first-order valence-electron chi connectivity index (χ1n) is 5.59. The Labute approximate surface area is 120 Å². The normalized spacial score (nSPS) is 12.4. The Morgan fingerprint density at radius 1 is 0.722 bits per heavy atom. The summed E-state index contributed by atoms with van der Waals surface area (Å²) in [6.45, 7) is 12.2. The van der Waals surface area contributed by atoms with E-state index in [1.807, 2.05) is 39.3 Å². The van der Waals surface area contributed by atoms with Crippen LogP contribution in [0.1, 0.15) is 0 Å². The maximum absolute atomic E-state index is 6.13. The molecule has 0 bridgehead atoms. The summed E-state index contributed by atoms with van der Waals surface area (Å²) in [4.78, 5) is 0. The molecule has 1 heterocycles. The number of hydrogen-bond donors (Lipinski definition) is 0. The molecule has 1 aromatic heterocycles. The van der Waals surface area contributed by atoms with Gasteiger partial charge in [0.15, 0.2) is 0 Å². The van der Waals surface area contributed by atoms with Crippen molar-refractivity contribution in [2.75, 3.05) is 0 Å². The molecule has 4 nitrogen and oxygen atoms in total. The van der Waals surface area contributed by atoms with E-state index in [9.17, 15) is 0 Å². The van der Waals surface area contributed by atoms with Crippen LogP contribution in [0, 0.1) is 0 Å². The SMILES string of the molecule is C[Si](C)(C)Oc1nnc(O[Si](C)(C)C)c(Cl)c1Cl. The molecule has 0 aromatic carbocycles. The largest absolute Gasteiger partial charge is 0.529 e. The molecule has 0 radical (unpaired) electrons. The van der Waals surface area contributed by atoms with Crippen molar-refractivity contribution < 1.29 is 8.85 Å². The van der Waals surface area contributed by atoms with Crippen LogP contribution in [0.2, 0.25) is 49.3 Å².